The Hall–Kier alpha value is -3.09. The summed E-state index contributed by atoms with van der Waals surface area (Å²) in [7, 11) is 1.67. The van der Waals surface area contributed by atoms with Crippen LogP contribution in [-0.4, -0.2) is 46.2 Å². The van der Waals surface area contributed by atoms with Gasteiger partial charge in [-0.1, -0.05) is 31.5 Å². The van der Waals surface area contributed by atoms with Crippen molar-refractivity contribution in [1.29, 1.82) is 0 Å². The molecule has 3 heterocycles. The largest absolute Gasteiger partial charge is 0.496 e. The number of hydrogen-bond acceptors (Lipinski definition) is 5. The first-order valence-corrected chi connectivity index (χ1v) is 11.1. The zero-order valence-corrected chi connectivity index (χ0v) is 18.3. The molecule has 2 aromatic heterocycles. The van der Waals surface area contributed by atoms with Crippen LogP contribution in [0.5, 0.6) is 5.75 Å². The lowest BCUT2D eigenvalue weighted by atomic mass is 9.97. The zero-order valence-electron chi connectivity index (χ0n) is 18.3. The molecule has 1 atom stereocenters. The van der Waals surface area contributed by atoms with Gasteiger partial charge in [0, 0.05) is 30.8 Å². The molecule has 1 aliphatic rings. The molecule has 1 aromatic carbocycles. The van der Waals surface area contributed by atoms with Crippen LogP contribution >= 0.6 is 0 Å². The SMILES string of the molecule is CCCCc1cc(C(=O)N2CCCC(c3ncc(Cc4ccccc4OC)o3)C2)n[nH]1. The number of nitrogens with zero attached hydrogens (tertiary/aromatic N) is 3. The fraction of sp³-hybridized carbons (Fsp3) is 0.458. The summed E-state index contributed by atoms with van der Waals surface area (Å²) in [5, 5.41) is 7.24. The number of hydrogen-bond donors (Lipinski definition) is 1. The van der Waals surface area contributed by atoms with Gasteiger partial charge in [0.1, 0.15) is 17.2 Å². The predicted molar refractivity (Wildman–Crippen MR) is 117 cm³/mol. The Labute approximate surface area is 182 Å². The van der Waals surface area contributed by atoms with Crippen molar-refractivity contribution in [3.8, 4) is 5.75 Å². The van der Waals surface area contributed by atoms with Crippen molar-refractivity contribution >= 4 is 5.91 Å². The summed E-state index contributed by atoms with van der Waals surface area (Å²) in [6.45, 7) is 3.49. The number of unbranched alkanes of at least 4 members (excludes halogenated alkanes) is 1. The zero-order chi connectivity index (χ0) is 21.6. The third-order valence-electron chi connectivity index (χ3n) is 5.84. The van der Waals surface area contributed by atoms with Crippen molar-refractivity contribution in [3.05, 3.63) is 65.1 Å². The van der Waals surface area contributed by atoms with Crippen molar-refractivity contribution in [2.45, 2.75) is 51.4 Å². The number of rotatable bonds is 8. The van der Waals surface area contributed by atoms with Gasteiger partial charge in [0.25, 0.3) is 5.91 Å². The maximum Gasteiger partial charge on any atom is 0.274 e. The van der Waals surface area contributed by atoms with Crippen LogP contribution in [0.3, 0.4) is 0 Å². The van der Waals surface area contributed by atoms with E-state index < -0.39 is 0 Å². The average molecular weight is 423 g/mol. The molecule has 7 nitrogen and oxygen atoms in total. The lowest BCUT2D eigenvalue weighted by molar-refractivity contribution is 0.0692. The van der Waals surface area contributed by atoms with E-state index in [2.05, 4.69) is 22.1 Å². The minimum Gasteiger partial charge on any atom is -0.496 e. The fourth-order valence-corrected chi connectivity index (χ4v) is 4.12. The van der Waals surface area contributed by atoms with Gasteiger partial charge in [-0.2, -0.15) is 5.10 Å². The van der Waals surface area contributed by atoms with Crippen LogP contribution in [0, 0.1) is 0 Å². The van der Waals surface area contributed by atoms with E-state index in [1.54, 1.807) is 13.3 Å². The number of methoxy groups -OCH3 is 1. The molecule has 1 amide bonds. The number of amides is 1. The lowest BCUT2D eigenvalue weighted by Gasteiger charge is -2.30. The van der Waals surface area contributed by atoms with Crippen molar-refractivity contribution in [2.75, 3.05) is 20.2 Å². The van der Waals surface area contributed by atoms with Crippen LogP contribution in [0.15, 0.2) is 40.9 Å². The molecule has 3 aromatic rings. The summed E-state index contributed by atoms with van der Waals surface area (Å²) >= 11 is 0. The maximum absolute atomic E-state index is 13.0. The Balaban J connectivity index is 1.41. The van der Waals surface area contributed by atoms with Crippen LogP contribution in [0.2, 0.25) is 0 Å². The molecule has 1 N–H and O–H groups in total. The highest BCUT2D eigenvalue weighted by Gasteiger charge is 2.29. The minimum atomic E-state index is -0.0236. The standard InChI is InChI=1S/C24H30N4O3/c1-3-4-10-19-14-21(27-26-19)24(29)28-12-7-9-18(16-28)23-25-15-20(31-23)13-17-8-5-6-11-22(17)30-2/h5-6,8,11,14-15,18H,3-4,7,9-10,12-13,16H2,1-2H3,(H,26,27). The predicted octanol–water partition coefficient (Wildman–Crippen LogP) is 4.36. The molecule has 0 spiro atoms. The van der Waals surface area contributed by atoms with Crippen molar-refractivity contribution in [2.24, 2.45) is 0 Å². The van der Waals surface area contributed by atoms with Crippen molar-refractivity contribution in [1.82, 2.24) is 20.1 Å². The van der Waals surface area contributed by atoms with Crippen LogP contribution in [0.1, 0.15) is 71.9 Å². The second-order valence-corrected chi connectivity index (χ2v) is 8.13. The number of piperidine rings is 1. The lowest BCUT2D eigenvalue weighted by Crippen LogP contribution is -2.39. The van der Waals surface area contributed by atoms with E-state index in [0.717, 1.165) is 61.4 Å². The number of carbonyl (C=O) groups excluding carboxylic acids is 1. The number of oxazole rings is 1. The second kappa shape index (κ2) is 9.81. The molecule has 1 unspecified atom stereocenters. The van der Waals surface area contributed by atoms with E-state index in [0.29, 0.717) is 24.6 Å². The van der Waals surface area contributed by atoms with Gasteiger partial charge in [-0.3, -0.25) is 9.89 Å². The number of aromatic nitrogens is 3. The summed E-state index contributed by atoms with van der Waals surface area (Å²) < 4.78 is 11.5. The molecule has 1 fully saturated rings. The molecule has 4 rings (SSSR count). The molecule has 0 bridgehead atoms. The highest BCUT2D eigenvalue weighted by molar-refractivity contribution is 5.92. The van der Waals surface area contributed by atoms with E-state index in [1.807, 2.05) is 35.2 Å². The third kappa shape index (κ3) is 4.98. The van der Waals surface area contributed by atoms with Gasteiger partial charge in [0.15, 0.2) is 5.89 Å². The molecule has 7 heteroatoms. The summed E-state index contributed by atoms with van der Waals surface area (Å²) in [5.41, 5.74) is 2.58. The summed E-state index contributed by atoms with van der Waals surface area (Å²) in [6, 6.07) is 9.80. The number of benzene rings is 1. The van der Waals surface area contributed by atoms with Crippen LogP contribution in [-0.2, 0) is 12.8 Å². The van der Waals surface area contributed by atoms with Crippen molar-refractivity contribution < 1.29 is 13.9 Å². The monoisotopic (exact) mass is 422 g/mol. The molecule has 0 radical (unpaired) electrons. The number of likely N-dealkylation sites (tertiary alicyclic amines) is 1. The molecule has 0 aliphatic carbocycles. The highest BCUT2D eigenvalue weighted by atomic mass is 16.5. The number of para-hydroxylation sites is 1. The quantitative estimate of drug-likeness (QED) is 0.583. The molecule has 31 heavy (non-hydrogen) atoms. The first-order valence-electron chi connectivity index (χ1n) is 11.1. The number of aromatic amines is 1. The Morgan fingerprint density at radius 1 is 1.35 bits per heavy atom. The fourth-order valence-electron chi connectivity index (χ4n) is 4.12. The molecular weight excluding hydrogens is 392 g/mol. The van der Waals surface area contributed by atoms with E-state index >= 15 is 0 Å². The number of nitrogens with one attached hydrogen (secondary N) is 1. The van der Waals surface area contributed by atoms with Crippen LogP contribution in [0.4, 0.5) is 0 Å². The van der Waals surface area contributed by atoms with Gasteiger partial charge in [0.2, 0.25) is 0 Å². The second-order valence-electron chi connectivity index (χ2n) is 8.13. The van der Waals surface area contributed by atoms with Crippen LogP contribution < -0.4 is 4.74 Å². The molecule has 1 aliphatic heterocycles. The first kappa shape index (κ1) is 21.2. The van der Waals surface area contributed by atoms with Gasteiger partial charge in [0.05, 0.1) is 19.2 Å². The Morgan fingerprint density at radius 3 is 3.06 bits per heavy atom. The molecule has 164 valence electrons. The van der Waals surface area contributed by atoms with Gasteiger partial charge in [-0.05, 0) is 37.8 Å². The number of aryl methyl sites for hydroxylation is 1. The first-order chi connectivity index (χ1) is 15.2. The maximum atomic E-state index is 13.0. The van der Waals surface area contributed by atoms with Gasteiger partial charge in [-0.25, -0.2) is 4.98 Å². The topological polar surface area (TPSA) is 84.2 Å². The Bertz CT molecular complexity index is 1010. The molecule has 1 saturated heterocycles. The van der Waals surface area contributed by atoms with Crippen molar-refractivity contribution in [3.63, 3.8) is 0 Å². The summed E-state index contributed by atoms with van der Waals surface area (Å²) in [6.07, 6.45) is 7.42. The van der Waals surface area contributed by atoms with Gasteiger partial charge in [-0.15, -0.1) is 0 Å². The van der Waals surface area contributed by atoms with Gasteiger partial charge < -0.3 is 14.1 Å². The van der Waals surface area contributed by atoms with E-state index in [9.17, 15) is 4.79 Å². The smallest absolute Gasteiger partial charge is 0.274 e. The van der Waals surface area contributed by atoms with E-state index in [4.69, 9.17) is 9.15 Å². The van der Waals surface area contributed by atoms with Crippen LogP contribution in [0.25, 0.3) is 0 Å². The number of carbonyl (C=O) groups is 1. The Morgan fingerprint density at radius 2 is 2.23 bits per heavy atom. The van der Waals surface area contributed by atoms with E-state index in [-0.39, 0.29) is 11.8 Å². The van der Waals surface area contributed by atoms with E-state index in [1.165, 1.54) is 0 Å². The number of H-pyrrole nitrogens is 1. The molecule has 0 saturated carbocycles. The Kier molecular flexibility index (Phi) is 6.70. The summed E-state index contributed by atoms with van der Waals surface area (Å²) in [5.74, 6) is 2.42. The average Bonchev–Trinajstić information content (AvgIpc) is 3.47. The third-order valence-corrected chi connectivity index (χ3v) is 5.84. The normalized spacial score (nSPS) is 16.5. The molecular formula is C24H30N4O3. The number of ether oxygens (including phenoxy) is 1. The summed E-state index contributed by atoms with van der Waals surface area (Å²) in [4.78, 5) is 19.4. The highest BCUT2D eigenvalue weighted by Crippen LogP contribution is 2.29. The van der Waals surface area contributed by atoms with Gasteiger partial charge >= 0.3 is 0 Å². The minimum absolute atomic E-state index is 0.0236.